The summed E-state index contributed by atoms with van der Waals surface area (Å²) in [7, 11) is 0. The van der Waals surface area contributed by atoms with Gasteiger partial charge in [-0.1, -0.05) is 79.2 Å². The van der Waals surface area contributed by atoms with E-state index in [1.165, 1.54) is 36.6 Å². The van der Waals surface area contributed by atoms with Gasteiger partial charge in [-0.2, -0.15) is 0 Å². The minimum atomic E-state index is -0.399. The standard InChI is InChI=1S/C37H38N4O3/c1-26(42)41-33-20-19-31(38-34(43)23-27-11-5-2-6-12-27)24-32(33)35(37(41)44)36(29-13-7-3-8-14-29)39-30-17-15-28(16-18-30)25-40-21-9-4-10-22-40/h2-3,5-8,11-20,32,39H,4,9-10,21-25H2,1H3,(H,38,43). The van der Waals surface area contributed by atoms with Crippen molar-refractivity contribution >= 4 is 29.1 Å². The molecule has 0 saturated carbocycles. The molecule has 3 aromatic carbocycles. The summed E-state index contributed by atoms with van der Waals surface area (Å²) >= 11 is 0. The van der Waals surface area contributed by atoms with Crippen LogP contribution in [-0.4, -0.2) is 40.6 Å². The zero-order chi connectivity index (χ0) is 30.5. The Kier molecular flexibility index (Phi) is 8.84. The Morgan fingerprint density at radius 1 is 0.795 bits per heavy atom. The number of carbonyl (C=O) groups excluding carboxylic acids is 3. The lowest BCUT2D eigenvalue weighted by Crippen LogP contribution is -2.30. The summed E-state index contributed by atoms with van der Waals surface area (Å²) < 4.78 is 0. The number of anilines is 1. The molecule has 1 aliphatic carbocycles. The van der Waals surface area contributed by atoms with Gasteiger partial charge in [0.25, 0.3) is 5.91 Å². The van der Waals surface area contributed by atoms with Crippen LogP contribution in [0.3, 0.4) is 0 Å². The first-order valence-electron chi connectivity index (χ1n) is 15.4. The number of benzene rings is 3. The quantitative estimate of drug-likeness (QED) is 0.315. The fourth-order valence-corrected chi connectivity index (χ4v) is 6.38. The van der Waals surface area contributed by atoms with Crippen LogP contribution in [0.15, 0.2) is 114 Å². The molecule has 0 bridgehead atoms. The van der Waals surface area contributed by atoms with E-state index in [2.05, 4.69) is 39.8 Å². The Bertz CT molecular complexity index is 1620. The van der Waals surface area contributed by atoms with Crippen molar-refractivity contribution in [2.45, 2.75) is 45.6 Å². The van der Waals surface area contributed by atoms with Gasteiger partial charge in [0.2, 0.25) is 11.8 Å². The lowest BCUT2D eigenvalue weighted by molar-refractivity contribution is -0.137. The third kappa shape index (κ3) is 6.58. The van der Waals surface area contributed by atoms with Gasteiger partial charge in [-0.05, 0) is 66.9 Å². The van der Waals surface area contributed by atoms with Gasteiger partial charge in [0.15, 0.2) is 0 Å². The number of nitrogens with one attached hydrogen (secondary N) is 2. The normalized spacial score (nSPS) is 19.5. The summed E-state index contributed by atoms with van der Waals surface area (Å²) in [6.45, 7) is 4.62. The van der Waals surface area contributed by atoms with Crippen molar-refractivity contribution in [3.63, 3.8) is 0 Å². The maximum Gasteiger partial charge on any atom is 0.263 e. The molecule has 44 heavy (non-hydrogen) atoms. The zero-order valence-corrected chi connectivity index (χ0v) is 25.1. The van der Waals surface area contributed by atoms with Crippen LogP contribution in [0, 0.1) is 5.92 Å². The fraction of sp³-hybridized carbons (Fsp3) is 0.270. The van der Waals surface area contributed by atoms with Crippen molar-refractivity contribution in [2.75, 3.05) is 18.4 Å². The molecule has 2 aliphatic heterocycles. The molecule has 3 aromatic rings. The molecule has 6 rings (SSSR count). The number of fused-ring (bicyclic) bond motifs is 1. The van der Waals surface area contributed by atoms with Crippen molar-refractivity contribution in [3.05, 3.63) is 131 Å². The Balaban J connectivity index is 1.30. The average molecular weight is 587 g/mol. The number of imide groups is 1. The Labute approximate surface area is 258 Å². The number of hydrogen-bond acceptors (Lipinski definition) is 5. The molecule has 224 valence electrons. The molecule has 3 amide bonds. The van der Waals surface area contributed by atoms with Gasteiger partial charge in [0.05, 0.1) is 17.7 Å². The first-order chi connectivity index (χ1) is 21.5. The van der Waals surface area contributed by atoms with Gasteiger partial charge in [-0.25, -0.2) is 0 Å². The molecule has 0 radical (unpaired) electrons. The van der Waals surface area contributed by atoms with Gasteiger partial charge in [0, 0.05) is 42.9 Å². The van der Waals surface area contributed by atoms with Gasteiger partial charge < -0.3 is 10.6 Å². The molecule has 3 aliphatic rings. The maximum atomic E-state index is 14.0. The molecule has 1 atom stereocenters. The van der Waals surface area contributed by atoms with E-state index in [0.29, 0.717) is 29.1 Å². The molecule has 1 unspecified atom stereocenters. The van der Waals surface area contributed by atoms with E-state index in [1.807, 2.05) is 60.7 Å². The molecule has 0 aromatic heterocycles. The van der Waals surface area contributed by atoms with Crippen LogP contribution in [0.25, 0.3) is 5.70 Å². The minimum absolute atomic E-state index is 0.122. The average Bonchev–Trinajstić information content (AvgIpc) is 3.33. The molecule has 2 saturated heterocycles. The van der Waals surface area contributed by atoms with E-state index in [0.717, 1.165) is 36.4 Å². The van der Waals surface area contributed by atoms with Crippen LogP contribution in [-0.2, 0) is 27.3 Å². The van der Waals surface area contributed by atoms with Crippen molar-refractivity contribution in [2.24, 2.45) is 5.92 Å². The molecular weight excluding hydrogens is 548 g/mol. The van der Waals surface area contributed by atoms with Crippen LogP contribution in [0.1, 0.15) is 49.3 Å². The third-order valence-corrected chi connectivity index (χ3v) is 8.51. The summed E-state index contributed by atoms with van der Waals surface area (Å²) in [5.41, 5.74) is 6.41. The second kappa shape index (κ2) is 13.3. The van der Waals surface area contributed by atoms with E-state index in [-0.39, 0.29) is 24.1 Å². The van der Waals surface area contributed by atoms with Crippen molar-refractivity contribution in [1.29, 1.82) is 0 Å². The monoisotopic (exact) mass is 586 g/mol. The minimum Gasteiger partial charge on any atom is -0.355 e. The SMILES string of the molecule is CC(=O)N1C(=O)C(=C(Nc2ccc(CN3CCCCC3)cc2)c2ccccc2)C2CC(NC(=O)Cc3ccccc3)=CC=C21. The summed E-state index contributed by atoms with van der Waals surface area (Å²) in [5.74, 6) is -1.19. The highest BCUT2D eigenvalue weighted by atomic mass is 16.2. The third-order valence-electron chi connectivity index (χ3n) is 8.51. The molecule has 7 heteroatoms. The summed E-state index contributed by atoms with van der Waals surface area (Å²) in [5, 5.41) is 6.60. The predicted octanol–water partition coefficient (Wildman–Crippen LogP) is 6.03. The van der Waals surface area contributed by atoms with E-state index in [9.17, 15) is 14.4 Å². The van der Waals surface area contributed by atoms with Gasteiger partial charge >= 0.3 is 0 Å². The second-order valence-electron chi connectivity index (χ2n) is 11.7. The van der Waals surface area contributed by atoms with Crippen LogP contribution < -0.4 is 10.6 Å². The van der Waals surface area contributed by atoms with Crippen molar-refractivity contribution in [3.8, 4) is 0 Å². The number of rotatable bonds is 8. The van der Waals surface area contributed by atoms with Crippen LogP contribution in [0.2, 0.25) is 0 Å². The first kappa shape index (κ1) is 29.3. The molecule has 2 fully saturated rings. The van der Waals surface area contributed by atoms with E-state index in [4.69, 9.17) is 0 Å². The zero-order valence-electron chi connectivity index (χ0n) is 25.1. The lowest BCUT2D eigenvalue weighted by atomic mass is 9.87. The number of hydrogen-bond donors (Lipinski definition) is 2. The summed E-state index contributed by atoms with van der Waals surface area (Å²) in [6, 6.07) is 27.7. The smallest absolute Gasteiger partial charge is 0.263 e. The Morgan fingerprint density at radius 3 is 2.16 bits per heavy atom. The van der Waals surface area contributed by atoms with Gasteiger partial charge in [0.1, 0.15) is 0 Å². The largest absolute Gasteiger partial charge is 0.355 e. The number of likely N-dealkylation sites (tertiary alicyclic amines) is 2. The first-order valence-corrected chi connectivity index (χ1v) is 15.4. The van der Waals surface area contributed by atoms with Crippen LogP contribution in [0.4, 0.5) is 5.69 Å². The van der Waals surface area contributed by atoms with E-state index >= 15 is 0 Å². The molecule has 2 N–H and O–H groups in total. The number of amides is 3. The number of carbonyl (C=O) groups is 3. The van der Waals surface area contributed by atoms with E-state index < -0.39 is 5.92 Å². The molecular formula is C37H38N4O3. The summed E-state index contributed by atoms with van der Waals surface area (Å²) in [6.07, 6.45) is 8.06. The van der Waals surface area contributed by atoms with Crippen LogP contribution in [0.5, 0.6) is 0 Å². The van der Waals surface area contributed by atoms with E-state index in [1.54, 1.807) is 12.2 Å². The Morgan fingerprint density at radius 2 is 1.48 bits per heavy atom. The topological polar surface area (TPSA) is 81.8 Å². The Hall–Kier alpha value is -4.75. The van der Waals surface area contributed by atoms with Crippen molar-refractivity contribution < 1.29 is 14.4 Å². The molecule has 0 spiro atoms. The second-order valence-corrected chi connectivity index (χ2v) is 11.7. The number of nitrogens with zero attached hydrogens (tertiary/aromatic N) is 2. The number of piperidine rings is 1. The maximum absolute atomic E-state index is 14.0. The fourth-order valence-electron chi connectivity index (χ4n) is 6.38. The highest BCUT2D eigenvalue weighted by Gasteiger charge is 2.45. The van der Waals surface area contributed by atoms with Gasteiger partial charge in [-0.15, -0.1) is 0 Å². The van der Waals surface area contributed by atoms with Crippen molar-refractivity contribution in [1.82, 2.24) is 15.1 Å². The highest BCUT2D eigenvalue weighted by Crippen LogP contribution is 2.43. The van der Waals surface area contributed by atoms with Crippen LogP contribution >= 0.6 is 0 Å². The molecule has 2 heterocycles. The lowest BCUT2D eigenvalue weighted by Gasteiger charge is -2.26. The predicted molar refractivity (Wildman–Crippen MR) is 173 cm³/mol. The van der Waals surface area contributed by atoms with Gasteiger partial charge in [-0.3, -0.25) is 24.2 Å². The number of allylic oxidation sites excluding steroid dienone is 4. The highest BCUT2D eigenvalue weighted by molar-refractivity contribution is 6.14. The molecule has 7 nitrogen and oxygen atoms in total. The summed E-state index contributed by atoms with van der Waals surface area (Å²) in [4.78, 5) is 43.5.